The molecule has 1 amide bonds. The highest BCUT2D eigenvalue weighted by Crippen LogP contribution is 2.29. The summed E-state index contributed by atoms with van der Waals surface area (Å²) >= 11 is 1.29. The molecule has 1 aromatic carbocycles. The monoisotopic (exact) mass is 503 g/mol. The van der Waals surface area contributed by atoms with Crippen LogP contribution in [0.2, 0.25) is 0 Å². The summed E-state index contributed by atoms with van der Waals surface area (Å²) in [6.07, 6.45) is 5.62. The zero-order valence-corrected chi connectivity index (χ0v) is 21.3. The van der Waals surface area contributed by atoms with Gasteiger partial charge in [0.25, 0.3) is 5.91 Å². The fourth-order valence-corrected chi connectivity index (χ4v) is 4.17. The minimum absolute atomic E-state index is 0.200. The zero-order chi connectivity index (χ0) is 25.3. The van der Waals surface area contributed by atoms with Crippen molar-refractivity contribution in [1.29, 1.82) is 0 Å². The predicted octanol–water partition coefficient (Wildman–Crippen LogP) is 4.75. The van der Waals surface area contributed by atoms with Crippen molar-refractivity contribution in [3.8, 4) is 16.5 Å². The number of carbonyl (C=O) groups is 1. The van der Waals surface area contributed by atoms with Crippen molar-refractivity contribution in [3.05, 3.63) is 78.2 Å². The van der Waals surface area contributed by atoms with Crippen LogP contribution in [-0.4, -0.2) is 58.2 Å². The third kappa shape index (κ3) is 6.83. The lowest BCUT2D eigenvalue weighted by Crippen LogP contribution is -2.17. The summed E-state index contributed by atoms with van der Waals surface area (Å²) in [6, 6.07) is 15.4. The predicted molar refractivity (Wildman–Crippen MR) is 142 cm³/mol. The van der Waals surface area contributed by atoms with Crippen LogP contribution in [-0.2, 0) is 0 Å². The van der Waals surface area contributed by atoms with Crippen molar-refractivity contribution in [3.63, 3.8) is 0 Å². The van der Waals surface area contributed by atoms with Crippen LogP contribution in [0.5, 0.6) is 5.88 Å². The van der Waals surface area contributed by atoms with E-state index in [0.717, 1.165) is 24.1 Å². The first kappa shape index (κ1) is 25.2. The lowest BCUT2D eigenvalue weighted by atomic mass is 10.1. The van der Waals surface area contributed by atoms with E-state index in [4.69, 9.17) is 4.74 Å². The molecule has 0 radical (unpaired) electrons. The van der Waals surface area contributed by atoms with Crippen LogP contribution in [0.15, 0.2) is 67.1 Å². The highest BCUT2D eigenvalue weighted by atomic mass is 32.1. The lowest BCUT2D eigenvalue weighted by molar-refractivity contribution is 0.102. The fourth-order valence-electron chi connectivity index (χ4n) is 3.43. The number of anilines is 2. The molecule has 4 rings (SSSR count). The first-order valence-corrected chi connectivity index (χ1v) is 12.5. The lowest BCUT2D eigenvalue weighted by Gasteiger charge is -2.18. The molecule has 2 N–H and O–H groups in total. The van der Waals surface area contributed by atoms with Gasteiger partial charge < -0.3 is 15.0 Å². The Morgan fingerprint density at radius 3 is 2.64 bits per heavy atom. The number of benzene rings is 1. The number of amides is 1. The van der Waals surface area contributed by atoms with Gasteiger partial charge in [-0.05, 0) is 57.7 Å². The molecular weight excluding hydrogens is 474 g/mol. The molecule has 186 valence electrons. The normalized spacial score (nSPS) is 11.8. The van der Waals surface area contributed by atoms with Gasteiger partial charge in [-0.1, -0.05) is 41.7 Å². The molecule has 0 saturated carbocycles. The summed E-state index contributed by atoms with van der Waals surface area (Å²) in [5.74, 6) is 0.127. The van der Waals surface area contributed by atoms with Crippen molar-refractivity contribution < 1.29 is 9.53 Å². The first-order chi connectivity index (χ1) is 17.5. The van der Waals surface area contributed by atoms with Gasteiger partial charge >= 0.3 is 0 Å². The molecule has 10 heteroatoms. The molecule has 1 atom stereocenters. The van der Waals surface area contributed by atoms with E-state index < -0.39 is 0 Å². The van der Waals surface area contributed by atoms with Gasteiger partial charge in [-0.15, -0.1) is 10.2 Å². The second-order valence-electron chi connectivity index (χ2n) is 8.43. The van der Waals surface area contributed by atoms with E-state index in [1.807, 2.05) is 63.5 Å². The number of aromatic nitrogens is 4. The van der Waals surface area contributed by atoms with Gasteiger partial charge in [-0.3, -0.25) is 15.1 Å². The van der Waals surface area contributed by atoms with E-state index in [-0.39, 0.29) is 12.0 Å². The SMILES string of the molecule is CC(Oc1ncc(C(=O)Nc2nnc(-c3ccncc3)s2)cc1NCCCN(C)C)c1ccccc1. The molecule has 0 fully saturated rings. The van der Waals surface area contributed by atoms with E-state index in [0.29, 0.717) is 33.8 Å². The summed E-state index contributed by atoms with van der Waals surface area (Å²) in [5, 5.41) is 15.6. The first-order valence-electron chi connectivity index (χ1n) is 11.6. The van der Waals surface area contributed by atoms with E-state index >= 15 is 0 Å². The third-order valence-corrected chi connectivity index (χ3v) is 6.23. The second kappa shape index (κ2) is 12.2. The number of rotatable bonds is 11. The van der Waals surface area contributed by atoms with Gasteiger partial charge in [0, 0.05) is 30.7 Å². The Labute approximate surface area is 214 Å². The number of carbonyl (C=O) groups excluding carboxylic acids is 1. The van der Waals surface area contributed by atoms with Gasteiger partial charge in [0.05, 0.1) is 11.3 Å². The van der Waals surface area contributed by atoms with E-state index in [2.05, 4.69) is 35.7 Å². The highest BCUT2D eigenvalue weighted by molar-refractivity contribution is 7.18. The Hall–Kier alpha value is -3.89. The summed E-state index contributed by atoms with van der Waals surface area (Å²) < 4.78 is 6.17. The third-order valence-electron chi connectivity index (χ3n) is 5.34. The van der Waals surface area contributed by atoms with E-state index in [9.17, 15) is 4.79 Å². The van der Waals surface area contributed by atoms with Crippen LogP contribution >= 0.6 is 11.3 Å². The maximum Gasteiger partial charge on any atom is 0.259 e. The van der Waals surface area contributed by atoms with Crippen molar-refractivity contribution in [2.75, 3.05) is 37.8 Å². The van der Waals surface area contributed by atoms with Crippen molar-refractivity contribution in [2.24, 2.45) is 0 Å². The summed E-state index contributed by atoms with van der Waals surface area (Å²) in [4.78, 5) is 23.6. The minimum Gasteiger partial charge on any atom is -0.468 e. The molecule has 3 aromatic heterocycles. The van der Waals surface area contributed by atoms with Crippen LogP contribution in [0, 0.1) is 0 Å². The van der Waals surface area contributed by atoms with Gasteiger partial charge in [0.1, 0.15) is 11.1 Å². The molecule has 3 heterocycles. The Morgan fingerprint density at radius 2 is 1.89 bits per heavy atom. The van der Waals surface area contributed by atoms with Gasteiger partial charge in [-0.25, -0.2) is 4.98 Å². The van der Waals surface area contributed by atoms with Crippen molar-refractivity contribution in [2.45, 2.75) is 19.4 Å². The highest BCUT2D eigenvalue weighted by Gasteiger charge is 2.17. The van der Waals surface area contributed by atoms with Crippen LogP contribution in [0.3, 0.4) is 0 Å². The quantitative estimate of drug-likeness (QED) is 0.283. The number of nitrogens with one attached hydrogen (secondary N) is 2. The maximum atomic E-state index is 13.0. The molecular formula is C26H29N7O2S. The molecule has 9 nitrogen and oxygen atoms in total. The van der Waals surface area contributed by atoms with Crippen LogP contribution < -0.4 is 15.4 Å². The number of ether oxygens (including phenoxy) is 1. The van der Waals surface area contributed by atoms with Gasteiger partial charge in [0.2, 0.25) is 11.0 Å². The standard InChI is InChI=1S/C26H29N7O2S/c1-18(19-8-5-4-6-9-19)35-24-22(28-12-7-15-33(2)3)16-21(17-29-24)23(34)30-26-32-31-25(36-26)20-10-13-27-14-11-20/h4-6,8-11,13-14,16-18,28H,7,12,15H2,1-3H3,(H,30,32,34). The molecule has 0 bridgehead atoms. The molecule has 0 spiro atoms. The maximum absolute atomic E-state index is 13.0. The molecule has 36 heavy (non-hydrogen) atoms. The van der Waals surface area contributed by atoms with Crippen LogP contribution in [0.1, 0.15) is 35.4 Å². The van der Waals surface area contributed by atoms with E-state index in [1.165, 1.54) is 17.5 Å². The molecule has 4 aromatic rings. The fraction of sp³-hybridized carbons (Fsp3) is 0.269. The Bertz CT molecular complexity index is 1270. The van der Waals surface area contributed by atoms with E-state index in [1.54, 1.807) is 18.5 Å². The largest absolute Gasteiger partial charge is 0.468 e. The van der Waals surface area contributed by atoms with Crippen LogP contribution in [0.4, 0.5) is 10.8 Å². The van der Waals surface area contributed by atoms with Crippen molar-refractivity contribution >= 4 is 28.1 Å². The summed E-state index contributed by atoms with van der Waals surface area (Å²) in [6.45, 7) is 3.63. The van der Waals surface area contributed by atoms with Gasteiger partial charge in [-0.2, -0.15) is 0 Å². The molecule has 0 aliphatic heterocycles. The average molecular weight is 504 g/mol. The number of pyridine rings is 2. The molecule has 0 aliphatic rings. The smallest absolute Gasteiger partial charge is 0.259 e. The number of hydrogen-bond acceptors (Lipinski definition) is 9. The minimum atomic E-state index is -0.320. The Kier molecular flexibility index (Phi) is 8.53. The topological polar surface area (TPSA) is 105 Å². The molecule has 1 unspecified atom stereocenters. The number of nitrogens with zero attached hydrogens (tertiary/aromatic N) is 5. The Balaban J connectivity index is 1.49. The van der Waals surface area contributed by atoms with Crippen LogP contribution in [0.25, 0.3) is 10.6 Å². The summed E-state index contributed by atoms with van der Waals surface area (Å²) in [7, 11) is 4.08. The summed E-state index contributed by atoms with van der Waals surface area (Å²) in [5.41, 5.74) is 2.99. The van der Waals surface area contributed by atoms with Gasteiger partial charge in [0.15, 0.2) is 0 Å². The second-order valence-corrected chi connectivity index (χ2v) is 9.41. The zero-order valence-electron chi connectivity index (χ0n) is 20.5. The average Bonchev–Trinajstić information content (AvgIpc) is 3.36. The molecule has 0 aliphatic carbocycles. The van der Waals surface area contributed by atoms with Crippen molar-refractivity contribution in [1.82, 2.24) is 25.1 Å². The Morgan fingerprint density at radius 1 is 1.11 bits per heavy atom. The molecule has 0 saturated heterocycles. The number of hydrogen-bond donors (Lipinski definition) is 2.